The van der Waals surface area contributed by atoms with Gasteiger partial charge in [0.2, 0.25) is 0 Å². The smallest absolute Gasteiger partial charge is 0.256 e. The Hall–Kier alpha value is -9.37. The Morgan fingerprint density at radius 1 is 0.287 bits per heavy atom. The highest BCUT2D eigenvalue weighted by Crippen LogP contribution is 2.45. The van der Waals surface area contributed by atoms with E-state index in [1.54, 1.807) is 0 Å². The van der Waals surface area contributed by atoms with E-state index in [-0.39, 0.29) is 6.71 Å². The summed E-state index contributed by atoms with van der Waals surface area (Å²) in [7, 11) is -5.45. The number of rotatable bonds is 6. The first-order valence-corrected chi connectivity index (χ1v) is 31.7. The summed E-state index contributed by atoms with van der Waals surface area (Å²) >= 11 is 7.10. The first-order valence-electron chi connectivity index (χ1n) is 27.3. The molecule has 6 bridgehead atoms. The normalized spacial score (nSPS) is 14.1. The highest BCUT2D eigenvalue weighted by molar-refractivity contribution is 7.27. The third-order valence-electron chi connectivity index (χ3n) is 16.6. The molecule has 0 atom stereocenters. The molecule has 4 nitrogen and oxygen atoms in total. The summed E-state index contributed by atoms with van der Waals surface area (Å²) in [5, 5.41) is 11.4. The van der Waals surface area contributed by atoms with Gasteiger partial charge in [0.1, 0.15) is 28.0 Å². The van der Waals surface area contributed by atoms with Crippen molar-refractivity contribution in [3.8, 4) is 23.0 Å². The van der Waals surface area contributed by atoms with Gasteiger partial charge in [-0.3, -0.25) is 0 Å². The molecule has 0 fully saturated rings. The largest absolute Gasteiger partial charge is 0.458 e. The van der Waals surface area contributed by atoms with Gasteiger partial charge in [0.25, 0.3) is 6.71 Å². The van der Waals surface area contributed by atoms with Gasteiger partial charge in [0, 0.05) is 28.4 Å². The lowest BCUT2D eigenvalue weighted by atomic mass is 9.34. The molecule has 0 aliphatic carbocycles. The summed E-state index contributed by atoms with van der Waals surface area (Å²) in [5.74, 6) is 3.34. The summed E-state index contributed by atoms with van der Waals surface area (Å²) in [6.45, 7) is 0.130. The van der Waals surface area contributed by atoms with Crippen LogP contribution in [0.3, 0.4) is 0 Å². The van der Waals surface area contributed by atoms with Gasteiger partial charge in [-0.25, -0.2) is 0 Å². The minimum atomic E-state index is -2.76. The molecule has 16 rings (SSSR count). The molecule has 0 N–H and O–H groups in total. The number of benzene rings is 12. The fourth-order valence-corrected chi connectivity index (χ4v) is 23.9. The van der Waals surface area contributed by atoms with Crippen LogP contribution in [-0.2, 0) is 0 Å². The van der Waals surface area contributed by atoms with Crippen LogP contribution in [0.5, 0.6) is 23.0 Å². The Morgan fingerprint density at radius 3 is 1.27 bits per heavy atom. The predicted octanol–water partition coefficient (Wildman–Crippen LogP) is 11.1. The molecular formula is C72H50BClN2O2Si2. The second-order valence-electron chi connectivity index (χ2n) is 20.8. The van der Waals surface area contributed by atoms with Crippen molar-refractivity contribution in [3.63, 3.8) is 0 Å². The lowest BCUT2D eigenvalue weighted by Gasteiger charge is -2.49. The monoisotopic (exact) mass is 1080 g/mol. The van der Waals surface area contributed by atoms with Gasteiger partial charge in [0.05, 0.1) is 5.69 Å². The maximum atomic E-state index is 7.10. The van der Waals surface area contributed by atoms with Gasteiger partial charge >= 0.3 is 0 Å². The third-order valence-corrected chi connectivity index (χ3v) is 26.7. The molecule has 0 spiro atoms. The van der Waals surface area contributed by atoms with E-state index in [1.165, 1.54) is 74.9 Å². The lowest BCUT2D eigenvalue weighted by Crippen LogP contribution is -2.87. The Morgan fingerprint density at radius 2 is 0.688 bits per heavy atom. The molecule has 12 aromatic carbocycles. The average Bonchev–Trinajstić information content (AvgIpc) is 3.62. The molecule has 378 valence electrons. The zero-order valence-corrected chi connectivity index (χ0v) is 46.3. The van der Waals surface area contributed by atoms with Crippen molar-refractivity contribution in [2.24, 2.45) is 0 Å². The lowest BCUT2D eigenvalue weighted by molar-refractivity contribution is 0.483. The molecule has 80 heavy (non-hydrogen) atoms. The minimum Gasteiger partial charge on any atom is -0.458 e. The van der Waals surface area contributed by atoms with Gasteiger partial charge < -0.3 is 19.3 Å². The Kier molecular flexibility index (Phi) is 11.7. The molecule has 0 saturated heterocycles. The number of nitrogens with zero attached hydrogens (tertiary/aromatic N) is 2. The Labute approximate surface area is 474 Å². The van der Waals surface area contributed by atoms with E-state index in [0.717, 1.165) is 34.3 Å². The summed E-state index contributed by atoms with van der Waals surface area (Å²) in [4.78, 5) is 4.68. The van der Waals surface area contributed by atoms with Crippen molar-refractivity contribution < 1.29 is 9.47 Å². The van der Waals surface area contributed by atoms with E-state index < -0.39 is 16.1 Å². The summed E-state index contributed by atoms with van der Waals surface area (Å²) in [6, 6.07) is 109. The van der Waals surface area contributed by atoms with Crippen LogP contribution >= 0.6 is 11.6 Å². The number of para-hydroxylation sites is 2. The zero-order valence-electron chi connectivity index (χ0n) is 43.5. The summed E-state index contributed by atoms with van der Waals surface area (Å²) < 4.78 is 13.3. The molecule has 8 heteroatoms. The molecule has 0 unspecified atom stereocenters. The van der Waals surface area contributed by atoms with Crippen molar-refractivity contribution in [1.82, 2.24) is 0 Å². The topological polar surface area (TPSA) is 24.9 Å². The van der Waals surface area contributed by atoms with Crippen LogP contribution in [0.15, 0.2) is 303 Å². The molecule has 0 radical (unpaired) electrons. The first-order chi connectivity index (χ1) is 39.6. The second kappa shape index (κ2) is 19.5. The van der Waals surface area contributed by atoms with Crippen LogP contribution in [0.25, 0.3) is 0 Å². The summed E-state index contributed by atoms with van der Waals surface area (Å²) in [6.07, 6.45) is 0. The number of hydrogen-bond donors (Lipinski definition) is 0. The standard InChI is InChI=1S/C36H24BNOSi.C36H26ClNOSi/c1-4-13-25(14-5-1)38-28-19-10-21-30-34(28)37-35-29(38)20-11-23-32(35)40(26-15-6-2-7-16-26,27-17-8-3-9-18-27)33-24-12-22-31(39-30)36(33)37;37-36-34-23-12-24-35(36)39-29-16-11-22-33(26-29)40(30-17-6-2-7-18-30,31-19-8-3-9-20-31)32-21-10-15-28(25-32)38(34)27-13-4-1-5-14-27/h1-24H;1-26H. The number of fused-ring (bicyclic) bond motifs is 6. The van der Waals surface area contributed by atoms with Gasteiger partial charge in [0.15, 0.2) is 16.1 Å². The van der Waals surface area contributed by atoms with E-state index in [2.05, 4.69) is 289 Å². The van der Waals surface area contributed by atoms with Crippen molar-refractivity contribution in [3.05, 3.63) is 308 Å². The molecule has 4 aliphatic rings. The number of halogens is 1. The van der Waals surface area contributed by atoms with Crippen LogP contribution < -0.4 is 77.2 Å². The van der Waals surface area contributed by atoms with Gasteiger partial charge in [-0.15, -0.1) is 0 Å². The highest BCUT2D eigenvalue weighted by atomic mass is 35.5. The second-order valence-corrected chi connectivity index (χ2v) is 28.7. The van der Waals surface area contributed by atoms with Gasteiger partial charge in [-0.05, 0) is 143 Å². The van der Waals surface area contributed by atoms with E-state index in [1.807, 2.05) is 24.3 Å². The molecule has 12 aromatic rings. The van der Waals surface area contributed by atoms with Crippen molar-refractivity contribution in [2.45, 2.75) is 0 Å². The zero-order chi connectivity index (χ0) is 53.2. The van der Waals surface area contributed by atoms with E-state index in [0.29, 0.717) is 10.8 Å². The SMILES string of the molecule is Clc1c2cccc1N(c1ccccc1)c1cccc(c1)[Si](c1ccccc1)(c1ccccc1)c1cccc(c1)O2.c1ccc(N2c3cccc4c3B3c5c(cccc5[Si](c5ccccc5)(c5ccccc5)c5cccc2c53)O4)cc1. The molecule has 0 amide bonds. The fourth-order valence-electron chi connectivity index (χ4n) is 13.5. The fraction of sp³-hybridized carbons (Fsp3) is 0. The quantitative estimate of drug-likeness (QED) is 0.155. The van der Waals surface area contributed by atoms with Crippen LogP contribution in [0, 0.1) is 0 Å². The predicted molar refractivity (Wildman–Crippen MR) is 339 cm³/mol. The van der Waals surface area contributed by atoms with Crippen molar-refractivity contribution >= 4 is 126 Å². The van der Waals surface area contributed by atoms with E-state index in [9.17, 15) is 0 Å². The van der Waals surface area contributed by atoms with Gasteiger partial charge in [-0.2, -0.15) is 0 Å². The molecular weight excluding hydrogens is 1030 g/mol. The van der Waals surface area contributed by atoms with E-state index in [4.69, 9.17) is 21.1 Å². The minimum absolute atomic E-state index is 0.130. The molecule has 4 aliphatic heterocycles. The summed E-state index contributed by atoms with van der Waals surface area (Å²) in [5.41, 5.74) is 10.6. The number of ether oxygens (including phenoxy) is 2. The van der Waals surface area contributed by atoms with Crippen LogP contribution in [-0.4, -0.2) is 22.9 Å². The Bertz CT molecular complexity index is 4210. The van der Waals surface area contributed by atoms with E-state index >= 15 is 0 Å². The Balaban J connectivity index is 0.000000138. The van der Waals surface area contributed by atoms with Gasteiger partial charge in [-0.1, -0.05) is 230 Å². The van der Waals surface area contributed by atoms with Crippen LogP contribution in [0.2, 0.25) is 5.02 Å². The van der Waals surface area contributed by atoms with Crippen LogP contribution in [0.4, 0.5) is 34.1 Å². The third kappa shape index (κ3) is 7.35. The maximum Gasteiger partial charge on any atom is 0.256 e. The van der Waals surface area contributed by atoms with Crippen molar-refractivity contribution in [2.75, 3.05) is 9.80 Å². The van der Waals surface area contributed by atoms with Crippen LogP contribution in [0.1, 0.15) is 0 Å². The highest BCUT2D eigenvalue weighted by Gasteiger charge is 2.55. The maximum absolute atomic E-state index is 7.10. The van der Waals surface area contributed by atoms with Crippen molar-refractivity contribution in [1.29, 1.82) is 0 Å². The molecule has 0 saturated carbocycles. The first kappa shape index (κ1) is 47.8. The number of hydrogen-bond acceptors (Lipinski definition) is 4. The number of anilines is 6. The molecule has 4 heterocycles. The average molecular weight is 1080 g/mol. The molecule has 0 aromatic heterocycles.